The molecule has 2 aromatic rings. The first-order valence-electron chi connectivity index (χ1n) is 5.12. The van der Waals surface area contributed by atoms with Crippen molar-refractivity contribution in [2.45, 2.75) is 13.5 Å². The summed E-state index contributed by atoms with van der Waals surface area (Å²) in [5.74, 6) is -1.50. The summed E-state index contributed by atoms with van der Waals surface area (Å²) in [6.45, 7) is 2.27. The molecule has 0 atom stereocenters. The number of aryl methyl sites for hydroxylation is 1. The van der Waals surface area contributed by atoms with Crippen molar-refractivity contribution in [3.8, 4) is 5.75 Å². The molecule has 0 bridgehead atoms. The van der Waals surface area contributed by atoms with E-state index < -0.39 is 5.97 Å². The molecular formula is C12H12N2O3. The number of carboxylic acids is 1. The van der Waals surface area contributed by atoms with E-state index in [1.165, 1.54) is 4.68 Å². The maximum atomic E-state index is 11.0. The lowest BCUT2D eigenvalue weighted by Crippen LogP contribution is -2.11. The number of hydrogen-bond donors (Lipinski definition) is 2. The molecule has 0 aliphatic rings. The Morgan fingerprint density at radius 1 is 1.41 bits per heavy atom. The fourth-order valence-corrected chi connectivity index (χ4v) is 1.66. The van der Waals surface area contributed by atoms with Gasteiger partial charge in [0, 0.05) is 0 Å². The van der Waals surface area contributed by atoms with Crippen LogP contribution in [0.2, 0.25) is 0 Å². The van der Waals surface area contributed by atoms with Crippen molar-refractivity contribution in [3.63, 3.8) is 0 Å². The minimum Gasteiger partial charge on any atom is -0.504 e. The van der Waals surface area contributed by atoms with Gasteiger partial charge in [0.1, 0.15) is 0 Å². The van der Waals surface area contributed by atoms with Crippen LogP contribution in [-0.2, 0) is 6.54 Å². The number of rotatable bonds is 3. The van der Waals surface area contributed by atoms with Crippen molar-refractivity contribution in [1.82, 2.24) is 9.78 Å². The Balaban J connectivity index is 2.37. The Labute approximate surface area is 97.9 Å². The van der Waals surface area contributed by atoms with Gasteiger partial charge in [-0.25, -0.2) is 4.79 Å². The van der Waals surface area contributed by atoms with Gasteiger partial charge < -0.3 is 10.2 Å². The Morgan fingerprint density at radius 2 is 2.12 bits per heavy atom. The molecule has 1 aromatic heterocycles. The SMILES string of the molecule is Cc1ccccc1Cn1ncc(O)c1C(=O)O. The Hall–Kier alpha value is -2.30. The van der Waals surface area contributed by atoms with Crippen LogP contribution in [0, 0.1) is 6.92 Å². The summed E-state index contributed by atoms with van der Waals surface area (Å²) in [6.07, 6.45) is 1.14. The summed E-state index contributed by atoms with van der Waals surface area (Å²) in [5, 5.41) is 22.2. The monoisotopic (exact) mass is 232 g/mol. The number of carboxylic acid groups (broad SMARTS) is 1. The van der Waals surface area contributed by atoms with Crippen molar-refractivity contribution in [3.05, 3.63) is 47.3 Å². The minimum absolute atomic E-state index is 0.187. The third kappa shape index (κ3) is 2.13. The average molecular weight is 232 g/mol. The summed E-state index contributed by atoms with van der Waals surface area (Å²) in [7, 11) is 0. The molecule has 88 valence electrons. The molecule has 0 aliphatic heterocycles. The highest BCUT2D eigenvalue weighted by Gasteiger charge is 2.17. The number of aromatic carboxylic acids is 1. The lowest BCUT2D eigenvalue weighted by Gasteiger charge is -2.07. The molecule has 17 heavy (non-hydrogen) atoms. The summed E-state index contributed by atoms with van der Waals surface area (Å²) in [5.41, 5.74) is 1.84. The van der Waals surface area contributed by atoms with Crippen LogP contribution >= 0.6 is 0 Å². The van der Waals surface area contributed by atoms with Crippen molar-refractivity contribution in [2.75, 3.05) is 0 Å². The van der Waals surface area contributed by atoms with Crippen LogP contribution in [0.5, 0.6) is 5.75 Å². The van der Waals surface area contributed by atoms with Crippen LogP contribution in [0.15, 0.2) is 30.5 Å². The van der Waals surface area contributed by atoms with E-state index in [-0.39, 0.29) is 11.4 Å². The molecule has 0 amide bonds. The van der Waals surface area contributed by atoms with Crippen LogP contribution < -0.4 is 0 Å². The maximum Gasteiger partial charge on any atom is 0.358 e. The zero-order valence-corrected chi connectivity index (χ0v) is 9.29. The largest absolute Gasteiger partial charge is 0.504 e. The maximum absolute atomic E-state index is 11.0. The second kappa shape index (κ2) is 4.29. The van der Waals surface area contributed by atoms with Crippen LogP contribution in [0.4, 0.5) is 0 Å². The van der Waals surface area contributed by atoms with Gasteiger partial charge in [0.2, 0.25) is 0 Å². The fourth-order valence-electron chi connectivity index (χ4n) is 1.66. The van der Waals surface area contributed by atoms with E-state index in [2.05, 4.69) is 5.10 Å². The minimum atomic E-state index is -1.19. The van der Waals surface area contributed by atoms with Crippen molar-refractivity contribution in [1.29, 1.82) is 0 Å². The summed E-state index contributed by atoms with van der Waals surface area (Å²) >= 11 is 0. The second-order valence-electron chi connectivity index (χ2n) is 3.77. The summed E-state index contributed by atoms with van der Waals surface area (Å²) < 4.78 is 1.28. The summed E-state index contributed by atoms with van der Waals surface area (Å²) in [4.78, 5) is 11.0. The Morgan fingerprint density at radius 3 is 2.76 bits per heavy atom. The smallest absolute Gasteiger partial charge is 0.358 e. The van der Waals surface area contributed by atoms with Crippen LogP contribution in [0.25, 0.3) is 0 Å². The molecule has 0 saturated heterocycles. The summed E-state index contributed by atoms with van der Waals surface area (Å²) in [6, 6.07) is 7.64. The van der Waals surface area contributed by atoms with Gasteiger partial charge >= 0.3 is 5.97 Å². The van der Waals surface area contributed by atoms with Gasteiger partial charge in [-0.1, -0.05) is 24.3 Å². The van der Waals surface area contributed by atoms with E-state index in [1.807, 2.05) is 31.2 Å². The van der Waals surface area contributed by atoms with Crippen LogP contribution in [0.1, 0.15) is 21.6 Å². The Kier molecular flexibility index (Phi) is 2.82. The van der Waals surface area contributed by atoms with E-state index >= 15 is 0 Å². The molecule has 0 radical (unpaired) electrons. The van der Waals surface area contributed by atoms with Crippen molar-refractivity contribution in [2.24, 2.45) is 0 Å². The molecular weight excluding hydrogens is 220 g/mol. The lowest BCUT2D eigenvalue weighted by molar-refractivity contribution is 0.0680. The van der Waals surface area contributed by atoms with Gasteiger partial charge in [0.05, 0.1) is 12.7 Å². The lowest BCUT2D eigenvalue weighted by atomic mass is 10.1. The first-order valence-corrected chi connectivity index (χ1v) is 5.12. The molecule has 0 saturated carbocycles. The zero-order chi connectivity index (χ0) is 12.4. The predicted octanol–water partition coefficient (Wildman–Crippen LogP) is 1.64. The number of benzene rings is 1. The molecule has 0 spiro atoms. The Bertz CT molecular complexity index is 561. The third-order valence-corrected chi connectivity index (χ3v) is 2.60. The van der Waals surface area contributed by atoms with Crippen LogP contribution in [0.3, 0.4) is 0 Å². The standard InChI is InChI=1S/C12H12N2O3/c1-8-4-2-3-5-9(8)7-14-11(12(16)17)10(15)6-13-14/h2-6,15H,7H2,1H3,(H,16,17). The fraction of sp³-hybridized carbons (Fsp3) is 0.167. The van der Waals surface area contributed by atoms with E-state index in [1.54, 1.807) is 0 Å². The highest BCUT2D eigenvalue weighted by atomic mass is 16.4. The topological polar surface area (TPSA) is 75.3 Å². The number of aromatic nitrogens is 2. The second-order valence-corrected chi connectivity index (χ2v) is 3.77. The molecule has 2 rings (SSSR count). The molecule has 0 unspecified atom stereocenters. The third-order valence-electron chi connectivity index (χ3n) is 2.60. The molecule has 0 fully saturated rings. The van der Waals surface area contributed by atoms with E-state index in [4.69, 9.17) is 5.11 Å². The average Bonchev–Trinajstić information content (AvgIpc) is 2.63. The molecule has 2 N–H and O–H groups in total. The number of aromatic hydroxyl groups is 1. The van der Waals surface area contributed by atoms with Crippen molar-refractivity contribution >= 4 is 5.97 Å². The van der Waals surface area contributed by atoms with E-state index in [0.717, 1.165) is 17.3 Å². The first-order chi connectivity index (χ1) is 8.09. The predicted molar refractivity (Wildman–Crippen MR) is 61.1 cm³/mol. The van der Waals surface area contributed by atoms with Gasteiger partial charge in [0.15, 0.2) is 11.4 Å². The van der Waals surface area contributed by atoms with Gasteiger partial charge in [0.25, 0.3) is 0 Å². The van der Waals surface area contributed by atoms with Crippen LogP contribution in [-0.4, -0.2) is 26.0 Å². The number of hydrogen-bond acceptors (Lipinski definition) is 3. The molecule has 5 heteroatoms. The quantitative estimate of drug-likeness (QED) is 0.843. The highest BCUT2D eigenvalue weighted by Crippen LogP contribution is 2.18. The van der Waals surface area contributed by atoms with E-state index in [9.17, 15) is 9.90 Å². The van der Waals surface area contributed by atoms with Gasteiger partial charge in [-0.3, -0.25) is 4.68 Å². The number of carbonyl (C=O) groups is 1. The molecule has 1 heterocycles. The highest BCUT2D eigenvalue weighted by molar-refractivity contribution is 5.88. The number of nitrogens with zero attached hydrogens (tertiary/aromatic N) is 2. The normalized spacial score (nSPS) is 10.4. The van der Waals surface area contributed by atoms with Gasteiger partial charge in [-0.15, -0.1) is 0 Å². The zero-order valence-electron chi connectivity index (χ0n) is 9.29. The van der Waals surface area contributed by atoms with Gasteiger partial charge in [-0.05, 0) is 18.1 Å². The first kappa shape index (κ1) is 11.2. The van der Waals surface area contributed by atoms with Crippen molar-refractivity contribution < 1.29 is 15.0 Å². The van der Waals surface area contributed by atoms with Gasteiger partial charge in [-0.2, -0.15) is 5.10 Å². The molecule has 0 aliphatic carbocycles. The van der Waals surface area contributed by atoms with E-state index in [0.29, 0.717) is 6.54 Å². The molecule has 5 nitrogen and oxygen atoms in total. The molecule has 1 aromatic carbocycles.